The maximum atomic E-state index is 12.5. The van der Waals surface area contributed by atoms with E-state index in [-0.39, 0.29) is 0 Å². The molecule has 0 radical (unpaired) electrons. The molecule has 0 aromatic heterocycles. The van der Waals surface area contributed by atoms with Gasteiger partial charge in [0.05, 0.1) is 0 Å². The molecular weight excluding hydrogens is 279 g/mol. The molecule has 3 nitrogen and oxygen atoms in total. The molecular formula is C5HF9O3. The lowest BCUT2D eigenvalue weighted by Gasteiger charge is -2.29. The molecule has 0 atom stereocenters. The predicted octanol–water partition coefficient (Wildman–Crippen LogP) is 2.06. The van der Waals surface area contributed by atoms with Crippen LogP contribution in [0.15, 0.2) is 0 Å². The maximum Gasteiger partial charge on any atom is 0.453 e. The van der Waals surface area contributed by atoms with Gasteiger partial charge in [-0.05, 0) is 0 Å². The van der Waals surface area contributed by atoms with Crippen LogP contribution in [0, 0.1) is 0 Å². The van der Waals surface area contributed by atoms with E-state index in [0.717, 1.165) is 0 Å². The second-order valence-electron chi connectivity index (χ2n) is 2.89. The standard InChI is InChI=1S/C5HF9O3/c6-1(15)2(7,8)16-4(11,12)5(13,14)17-3(1,9)10/h15H. The van der Waals surface area contributed by atoms with E-state index < -0.39 is 30.3 Å². The van der Waals surface area contributed by atoms with Gasteiger partial charge in [-0.2, -0.15) is 39.5 Å². The smallest absolute Gasteiger partial charge is 0.348 e. The summed E-state index contributed by atoms with van der Waals surface area (Å²) >= 11 is 0. The molecule has 1 aliphatic heterocycles. The monoisotopic (exact) mass is 280 g/mol. The van der Waals surface area contributed by atoms with Crippen LogP contribution < -0.4 is 0 Å². The van der Waals surface area contributed by atoms with Gasteiger partial charge >= 0.3 is 30.3 Å². The van der Waals surface area contributed by atoms with Crippen molar-refractivity contribution in [2.75, 3.05) is 0 Å². The molecule has 0 aromatic carbocycles. The SMILES string of the molecule is OC1(F)C(F)(F)OC(F)(F)C(F)(F)OC1(F)F. The molecule has 0 unspecified atom stereocenters. The van der Waals surface area contributed by atoms with E-state index in [2.05, 4.69) is 0 Å². The van der Waals surface area contributed by atoms with Crippen LogP contribution in [0.2, 0.25) is 0 Å². The van der Waals surface area contributed by atoms with E-state index in [1.54, 1.807) is 0 Å². The third-order valence-electron chi connectivity index (χ3n) is 1.62. The molecule has 0 aliphatic carbocycles. The van der Waals surface area contributed by atoms with Crippen molar-refractivity contribution in [3.05, 3.63) is 0 Å². The van der Waals surface area contributed by atoms with Gasteiger partial charge in [0, 0.05) is 0 Å². The predicted molar refractivity (Wildman–Crippen MR) is 28.0 cm³/mol. The first-order valence-electron chi connectivity index (χ1n) is 3.49. The zero-order valence-electron chi connectivity index (χ0n) is 7.17. The molecule has 102 valence electrons. The average Bonchev–Trinajstić information content (AvgIpc) is 1.98. The molecule has 12 heteroatoms. The van der Waals surface area contributed by atoms with Gasteiger partial charge in [-0.25, -0.2) is 9.47 Å². The molecule has 1 saturated heterocycles. The molecule has 1 fully saturated rings. The van der Waals surface area contributed by atoms with E-state index in [4.69, 9.17) is 5.11 Å². The lowest BCUT2D eigenvalue weighted by Crippen LogP contribution is -2.58. The number of rotatable bonds is 0. The molecule has 0 aromatic rings. The van der Waals surface area contributed by atoms with Crippen molar-refractivity contribution in [2.45, 2.75) is 30.3 Å². The van der Waals surface area contributed by atoms with Crippen molar-refractivity contribution in [3.8, 4) is 0 Å². The number of hydrogen-bond donors (Lipinski definition) is 1. The zero-order valence-corrected chi connectivity index (χ0v) is 7.17. The first kappa shape index (κ1) is 14.3. The van der Waals surface area contributed by atoms with Gasteiger partial charge in [0.25, 0.3) is 0 Å². The summed E-state index contributed by atoms with van der Waals surface area (Å²) in [6.45, 7) is 0. The molecule has 1 rings (SSSR count). The van der Waals surface area contributed by atoms with E-state index in [1.807, 2.05) is 9.47 Å². The minimum absolute atomic E-state index is 1.91. The summed E-state index contributed by atoms with van der Waals surface area (Å²) in [4.78, 5) is 0. The van der Waals surface area contributed by atoms with Gasteiger partial charge in [-0.15, -0.1) is 0 Å². The van der Waals surface area contributed by atoms with E-state index in [1.165, 1.54) is 0 Å². The summed E-state index contributed by atoms with van der Waals surface area (Å²) in [7, 11) is 0. The molecule has 0 spiro atoms. The fourth-order valence-electron chi connectivity index (χ4n) is 0.745. The molecule has 17 heavy (non-hydrogen) atoms. The lowest BCUT2D eigenvalue weighted by molar-refractivity contribution is -0.478. The fourth-order valence-corrected chi connectivity index (χ4v) is 0.745. The largest absolute Gasteiger partial charge is 0.453 e. The van der Waals surface area contributed by atoms with Gasteiger partial charge in [0.1, 0.15) is 0 Å². The van der Waals surface area contributed by atoms with Crippen molar-refractivity contribution in [1.29, 1.82) is 0 Å². The summed E-state index contributed by atoms with van der Waals surface area (Å²) in [5.41, 5.74) is 0. The summed E-state index contributed by atoms with van der Waals surface area (Å²) in [6.07, 6.45) is -25.2. The molecule has 0 saturated carbocycles. The van der Waals surface area contributed by atoms with Crippen molar-refractivity contribution >= 4 is 0 Å². The molecule has 0 bridgehead atoms. The molecule has 1 N–H and O–H groups in total. The third-order valence-corrected chi connectivity index (χ3v) is 1.62. The van der Waals surface area contributed by atoms with Crippen molar-refractivity contribution < 1.29 is 54.1 Å². The van der Waals surface area contributed by atoms with Crippen LogP contribution in [0.1, 0.15) is 0 Å². The number of alkyl halides is 9. The fraction of sp³-hybridized carbons (Fsp3) is 1.00. The van der Waals surface area contributed by atoms with Gasteiger partial charge < -0.3 is 5.11 Å². The Morgan fingerprint density at radius 1 is 0.529 bits per heavy atom. The first-order chi connectivity index (χ1) is 7.16. The van der Waals surface area contributed by atoms with Crippen LogP contribution >= 0.6 is 0 Å². The van der Waals surface area contributed by atoms with Crippen molar-refractivity contribution in [3.63, 3.8) is 0 Å². The topological polar surface area (TPSA) is 38.7 Å². The zero-order chi connectivity index (χ0) is 13.9. The summed E-state index contributed by atoms with van der Waals surface area (Å²) in [6, 6.07) is 0. The Kier molecular flexibility index (Phi) is 2.67. The minimum atomic E-state index is -6.33. The van der Waals surface area contributed by atoms with E-state index in [0.29, 0.717) is 0 Å². The van der Waals surface area contributed by atoms with Crippen LogP contribution in [0.5, 0.6) is 0 Å². The van der Waals surface area contributed by atoms with Crippen LogP contribution in [-0.2, 0) is 9.47 Å². The highest BCUT2D eigenvalue weighted by molar-refractivity contribution is 4.91. The van der Waals surface area contributed by atoms with Crippen molar-refractivity contribution in [2.24, 2.45) is 0 Å². The van der Waals surface area contributed by atoms with Gasteiger partial charge in [-0.1, -0.05) is 0 Å². The Hall–Kier alpha value is -0.750. The van der Waals surface area contributed by atoms with Crippen LogP contribution in [0.4, 0.5) is 39.5 Å². The van der Waals surface area contributed by atoms with Gasteiger partial charge in [-0.3, -0.25) is 0 Å². The number of ether oxygens (including phenoxy) is 2. The van der Waals surface area contributed by atoms with Gasteiger partial charge in [0.15, 0.2) is 0 Å². The summed E-state index contributed by atoms with van der Waals surface area (Å²) in [5.74, 6) is -6.20. The Balaban J connectivity index is 3.38. The number of aliphatic hydroxyl groups is 1. The second-order valence-corrected chi connectivity index (χ2v) is 2.89. The van der Waals surface area contributed by atoms with Crippen molar-refractivity contribution in [1.82, 2.24) is 0 Å². The van der Waals surface area contributed by atoms with E-state index in [9.17, 15) is 39.5 Å². The Bertz CT molecular complexity index is 295. The minimum Gasteiger partial charge on any atom is -0.348 e. The number of halogens is 9. The highest BCUT2D eigenvalue weighted by atomic mass is 19.3. The average molecular weight is 280 g/mol. The highest BCUT2D eigenvalue weighted by Crippen LogP contribution is 2.55. The first-order valence-corrected chi connectivity index (χ1v) is 3.49. The second kappa shape index (κ2) is 3.17. The lowest BCUT2D eigenvalue weighted by atomic mass is 10.2. The Labute approximate surface area is 85.7 Å². The Morgan fingerprint density at radius 3 is 1.00 bits per heavy atom. The number of hydrogen-bond acceptors (Lipinski definition) is 3. The van der Waals surface area contributed by atoms with Crippen LogP contribution in [-0.4, -0.2) is 35.4 Å². The molecule has 1 heterocycles. The maximum absolute atomic E-state index is 12.5. The van der Waals surface area contributed by atoms with Crippen LogP contribution in [0.3, 0.4) is 0 Å². The summed E-state index contributed by atoms with van der Waals surface area (Å²) < 4.78 is 115. The quantitative estimate of drug-likeness (QED) is 0.690. The van der Waals surface area contributed by atoms with Crippen LogP contribution in [0.25, 0.3) is 0 Å². The molecule has 0 amide bonds. The molecule has 1 aliphatic rings. The third kappa shape index (κ3) is 1.83. The normalized spacial score (nSPS) is 32.8. The van der Waals surface area contributed by atoms with Gasteiger partial charge in [0.2, 0.25) is 0 Å². The Morgan fingerprint density at radius 2 is 0.765 bits per heavy atom. The van der Waals surface area contributed by atoms with E-state index >= 15 is 0 Å². The summed E-state index contributed by atoms with van der Waals surface area (Å²) in [5, 5.41) is 7.99. The highest BCUT2D eigenvalue weighted by Gasteiger charge is 2.83.